The second kappa shape index (κ2) is 4.94. The lowest BCUT2D eigenvalue weighted by Crippen LogP contribution is -2.37. The number of hydrogen-bond acceptors (Lipinski definition) is 1. The summed E-state index contributed by atoms with van der Waals surface area (Å²) in [6.45, 7) is 14.8. The smallest absolute Gasteiger partial charge is 0.00966 e. The van der Waals surface area contributed by atoms with Gasteiger partial charge in [-0.3, -0.25) is 0 Å². The van der Waals surface area contributed by atoms with Gasteiger partial charge in [-0.15, -0.1) is 0 Å². The van der Waals surface area contributed by atoms with E-state index in [0.717, 1.165) is 12.5 Å². The molecule has 0 radical (unpaired) electrons. The van der Waals surface area contributed by atoms with Crippen molar-refractivity contribution in [2.24, 2.45) is 5.92 Å². The molecule has 2 unspecified atom stereocenters. The SMILES string of the molecule is CC(C)c1ccc(C2(C)CC2CNC(C)(C)C)cc1. The first-order chi connectivity index (χ1) is 8.72. The van der Waals surface area contributed by atoms with E-state index >= 15 is 0 Å². The molecule has 1 nitrogen and oxygen atoms in total. The molecule has 1 saturated carbocycles. The lowest BCUT2D eigenvalue weighted by Gasteiger charge is -2.22. The highest BCUT2D eigenvalue weighted by Crippen LogP contribution is 2.53. The molecule has 0 spiro atoms. The summed E-state index contributed by atoms with van der Waals surface area (Å²) in [6.07, 6.45) is 1.32. The van der Waals surface area contributed by atoms with Gasteiger partial charge in [-0.2, -0.15) is 0 Å². The first-order valence-electron chi connectivity index (χ1n) is 7.58. The average molecular weight is 259 g/mol. The van der Waals surface area contributed by atoms with E-state index in [1.807, 2.05) is 0 Å². The average Bonchev–Trinajstić information content (AvgIpc) is 2.99. The van der Waals surface area contributed by atoms with E-state index in [1.54, 1.807) is 0 Å². The van der Waals surface area contributed by atoms with Crippen molar-refractivity contribution in [2.75, 3.05) is 6.54 Å². The summed E-state index contributed by atoms with van der Waals surface area (Å²) in [4.78, 5) is 0. The molecule has 2 rings (SSSR count). The van der Waals surface area contributed by atoms with Gasteiger partial charge in [-0.25, -0.2) is 0 Å². The van der Waals surface area contributed by atoms with Gasteiger partial charge in [0.25, 0.3) is 0 Å². The van der Waals surface area contributed by atoms with Crippen LogP contribution in [-0.4, -0.2) is 12.1 Å². The Balaban J connectivity index is 1.99. The lowest BCUT2D eigenvalue weighted by atomic mass is 9.92. The second-order valence-corrected chi connectivity index (χ2v) is 7.73. The topological polar surface area (TPSA) is 12.0 Å². The third kappa shape index (κ3) is 3.39. The number of hydrogen-bond donors (Lipinski definition) is 1. The molecule has 0 aromatic heterocycles. The van der Waals surface area contributed by atoms with Crippen molar-refractivity contribution in [1.29, 1.82) is 0 Å². The Labute approximate surface area is 118 Å². The van der Waals surface area contributed by atoms with Crippen LogP contribution in [0.5, 0.6) is 0 Å². The zero-order valence-corrected chi connectivity index (χ0v) is 13.4. The minimum atomic E-state index is 0.227. The van der Waals surface area contributed by atoms with Crippen LogP contribution < -0.4 is 5.32 Å². The molecule has 1 aromatic rings. The summed E-state index contributed by atoms with van der Waals surface area (Å²) in [5.74, 6) is 1.41. The zero-order chi connectivity index (χ0) is 14.3. The van der Waals surface area contributed by atoms with Gasteiger partial charge in [-0.05, 0) is 62.1 Å². The van der Waals surface area contributed by atoms with E-state index in [4.69, 9.17) is 0 Å². The zero-order valence-electron chi connectivity index (χ0n) is 13.4. The number of rotatable bonds is 4. The third-order valence-corrected chi connectivity index (χ3v) is 4.53. The molecule has 19 heavy (non-hydrogen) atoms. The standard InChI is InChI=1S/C18H29N/c1-13(2)14-7-9-15(10-8-14)18(6)11-16(18)12-19-17(3,4)5/h7-10,13,16,19H,11-12H2,1-6H3. The van der Waals surface area contributed by atoms with Crippen LogP contribution in [0.1, 0.15) is 65.0 Å². The van der Waals surface area contributed by atoms with Crippen molar-refractivity contribution in [3.8, 4) is 0 Å². The van der Waals surface area contributed by atoms with Gasteiger partial charge < -0.3 is 5.32 Å². The Kier molecular flexibility index (Phi) is 3.79. The van der Waals surface area contributed by atoms with Crippen LogP contribution >= 0.6 is 0 Å². The van der Waals surface area contributed by atoms with E-state index in [9.17, 15) is 0 Å². The van der Waals surface area contributed by atoms with E-state index < -0.39 is 0 Å². The van der Waals surface area contributed by atoms with Crippen LogP contribution in [0, 0.1) is 5.92 Å². The van der Waals surface area contributed by atoms with Gasteiger partial charge in [-0.1, -0.05) is 45.0 Å². The number of benzene rings is 1. The normalized spacial score (nSPS) is 26.8. The van der Waals surface area contributed by atoms with Crippen molar-refractivity contribution in [3.63, 3.8) is 0 Å². The molecule has 0 aliphatic heterocycles. The summed E-state index contributed by atoms with van der Waals surface area (Å²) in [7, 11) is 0. The first kappa shape index (κ1) is 14.6. The summed E-state index contributed by atoms with van der Waals surface area (Å²) < 4.78 is 0. The van der Waals surface area contributed by atoms with Crippen molar-refractivity contribution in [3.05, 3.63) is 35.4 Å². The van der Waals surface area contributed by atoms with E-state index in [2.05, 4.69) is 71.1 Å². The minimum absolute atomic E-state index is 0.227. The maximum Gasteiger partial charge on any atom is 0.00966 e. The van der Waals surface area contributed by atoms with E-state index in [-0.39, 0.29) is 5.54 Å². The first-order valence-corrected chi connectivity index (χ1v) is 7.58. The Hall–Kier alpha value is -0.820. The molecular weight excluding hydrogens is 230 g/mol. The van der Waals surface area contributed by atoms with Crippen molar-refractivity contribution < 1.29 is 0 Å². The molecule has 1 aliphatic rings. The summed E-state index contributed by atoms with van der Waals surface area (Å²) in [5.41, 5.74) is 3.58. The highest BCUT2D eigenvalue weighted by atomic mass is 15.0. The molecule has 1 heteroatoms. The van der Waals surface area contributed by atoms with Crippen molar-refractivity contribution in [1.82, 2.24) is 5.32 Å². The van der Waals surface area contributed by atoms with Crippen LogP contribution in [-0.2, 0) is 5.41 Å². The highest BCUT2D eigenvalue weighted by molar-refractivity contribution is 5.35. The summed E-state index contributed by atoms with van der Waals surface area (Å²) in [6, 6.07) is 9.29. The molecule has 1 fully saturated rings. The molecule has 0 saturated heterocycles. The van der Waals surface area contributed by atoms with Gasteiger partial charge >= 0.3 is 0 Å². The van der Waals surface area contributed by atoms with Crippen LogP contribution in [0.2, 0.25) is 0 Å². The molecule has 0 amide bonds. The minimum Gasteiger partial charge on any atom is -0.312 e. The van der Waals surface area contributed by atoms with Crippen LogP contribution in [0.25, 0.3) is 0 Å². The monoisotopic (exact) mass is 259 g/mol. The Bertz CT molecular complexity index is 424. The van der Waals surface area contributed by atoms with Crippen LogP contribution in [0.3, 0.4) is 0 Å². The Morgan fingerprint density at radius 1 is 1.21 bits per heavy atom. The third-order valence-electron chi connectivity index (χ3n) is 4.53. The molecule has 1 aliphatic carbocycles. The largest absolute Gasteiger partial charge is 0.312 e. The van der Waals surface area contributed by atoms with Gasteiger partial charge in [0.15, 0.2) is 0 Å². The van der Waals surface area contributed by atoms with Crippen molar-refractivity contribution in [2.45, 2.75) is 64.8 Å². The quantitative estimate of drug-likeness (QED) is 0.841. The van der Waals surface area contributed by atoms with Gasteiger partial charge in [0, 0.05) is 5.54 Å². The van der Waals surface area contributed by atoms with Crippen molar-refractivity contribution >= 4 is 0 Å². The predicted octanol–water partition coefficient (Wildman–Crippen LogP) is 4.48. The Morgan fingerprint density at radius 3 is 2.26 bits per heavy atom. The second-order valence-electron chi connectivity index (χ2n) is 7.73. The van der Waals surface area contributed by atoms with Gasteiger partial charge in [0.2, 0.25) is 0 Å². The maximum absolute atomic E-state index is 3.64. The molecule has 0 bridgehead atoms. The predicted molar refractivity (Wildman–Crippen MR) is 83.7 cm³/mol. The molecule has 106 valence electrons. The molecule has 2 atom stereocenters. The lowest BCUT2D eigenvalue weighted by molar-refractivity contribution is 0.406. The Morgan fingerprint density at radius 2 is 1.79 bits per heavy atom. The molecule has 0 heterocycles. The van der Waals surface area contributed by atoms with E-state index in [0.29, 0.717) is 11.3 Å². The molecular formula is C18H29N. The number of nitrogens with one attached hydrogen (secondary N) is 1. The highest BCUT2D eigenvalue weighted by Gasteiger charge is 2.50. The maximum atomic E-state index is 3.64. The van der Waals surface area contributed by atoms with Gasteiger partial charge in [0.1, 0.15) is 0 Å². The fourth-order valence-corrected chi connectivity index (χ4v) is 2.78. The fourth-order valence-electron chi connectivity index (χ4n) is 2.78. The van der Waals surface area contributed by atoms with Gasteiger partial charge in [0.05, 0.1) is 0 Å². The molecule has 1 aromatic carbocycles. The molecule has 1 N–H and O–H groups in total. The fraction of sp³-hybridized carbons (Fsp3) is 0.667. The van der Waals surface area contributed by atoms with Crippen LogP contribution in [0.4, 0.5) is 0 Å². The summed E-state index contributed by atoms with van der Waals surface area (Å²) >= 11 is 0. The van der Waals surface area contributed by atoms with Crippen LogP contribution in [0.15, 0.2) is 24.3 Å². The van der Waals surface area contributed by atoms with E-state index in [1.165, 1.54) is 17.5 Å². The summed E-state index contributed by atoms with van der Waals surface area (Å²) in [5, 5.41) is 3.64.